The van der Waals surface area contributed by atoms with Crippen molar-refractivity contribution < 1.29 is 19.1 Å². The Morgan fingerprint density at radius 2 is 0.750 bits per heavy atom. The van der Waals surface area contributed by atoms with Gasteiger partial charge >= 0.3 is 11.9 Å². The first-order valence-electron chi connectivity index (χ1n) is 14.1. The van der Waals surface area contributed by atoms with Crippen LogP contribution < -0.4 is 0 Å². The molecule has 0 N–H and O–H groups in total. The van der Waals surface area contributed by atoms with Gasteiger partial charge in [-0.05, 0) is 70.2 Å². The van der Waals surface area contributed by atoms with Crippen LogP contribution in [0.1, 0.15) is 60.8 Å². The van der Waals surface area contributed by atoms with E-state index in [0.29, 0.717) is 25.7 Å². The molecule has 4 aromatic carbocycles. The largest absolute Gasteiger partial charge is 0.469 e. The van der Waals surface area contributed by atoms with Crippen LogP contribution in [0.15, 0.2) is 97.1 Å². The number of methoxy groups -OCH3 is 2. The Morgan fingerprint density at radius 3 is 1.02 bits per heavy atom. The number of ether oxygens (including phenoxy) is 2. The second-order valence-electron chi connectivity index (χ2n) is 11.0. The van der Waals surface area contributed by atoms with Crippen molar-refractivity contribution >= 4 is 11.9 Å². The predicted molar refractivity (Wildman–Crippen MR) is 157 cm³/mol. The molecule has 0 aromatic heterocycles. The topological polar surface area (TPSA) is 52.6 Å². The Kier molecular flexibility index (Phi) is 6.79. The van der Waals surface area contributed by atoms with Gasteiger partial charge in [-0.25, -0.2) is 0 Å². The van der Waals surface area contributed by atoms with E-state index in [4.69, 9.17) is 9.47 Å². The lowest BCUT2D eigenvalue weighted by Gasteiger charge is -2.38. The van der Waals surface area contributed by atoms with Gasteiger partial charge in [0, 0.05) is 23.7 Å². The van der Waals surface area contributed by atoms with Crippen LogP contribution >= 0.6 is 0 Å². The quantitative estimate of drug-likeness (QED) is 0.209. The molecule has 4 nitrogen and oxygen atoms in total. The number of carbonyl (C=O) groups is 2. The molecule has 0 spiro atoms. The lowest BCUT2D eigenvalue weighted by molar-refractivity contribution is -0.142. The number of hydrogen-bond donors (Lipinski definition) is 0. The molecule has 4 aromatic rings. The van der Waals surface area contributed by atoms with Crippen molar-refractivity contribution in [2.24, 2.45) is 0 Å². The van der Waals surface area contributed by atoms with E-state index in [2.05, 4.69) is 97.1 Å². The maximum atomic E-state index is 12.5. The molecule has 4 heteroatoms. The molecule has 40 heavy (non-hydrogen) atoms. The molecule has 0 bridgehead atoms. The minimum atomic E-state index is -0.355. The maximum absolute atomic E-state index is 12.5. The third-order valence-corrected chi connectivity index (χ3v) is 9.30. The minimum absolute atomic E-state index is 0.196. The monoisotopic (exact) mass is 530 g/mol. The van der Waals surface area contributed by atoms with Gasteiger partial charge in [0.2, 0.25) is 0 Å². The smallest absolute Gasteiger partial charge is 0.305 e. The highest BCUT2D eigenvalue weighted by atomic mass is 16.5. The zero-order chi connectivity index (χ0) is 27.7. The first kappa shape index (κ1) is 26.1. The Balaban J connectivity index is 1.50. The van der Waals surface area contributed by atoms with Crippen LogP contribution in [-0.4, -0.2) is 26.2 Å². The fourth-order valence-corrected chi connectivity index (χ4v) is 7.42. The summed E-state index contributed by atoms with van der Waals surface area (Å²) >= 11 is 0. The lowest BCUT2D eigenvalue weighted by Crippen LogP contribution is -2.33. The van der Waals surface area contributed by atoms with E-state index in [1.54, 1.807) is 0 Å². The van der Waals surface area contributed by atoms with Crippen LogP contribution in [0.25, 0.3) is 22.3 Å². The molecule has 0 aliphatic heterocycles. The Hall–Kier alpha value is -4.18. The number of fused-ring (bicyclic) bond motifs is 6. The number of benzene rings is 4. The minimum Gasteiger partial charge on any atom is -0.469 e. The Bertz CT molecular complexity index is 1370. The van der Waals surface area contributed by atoms with Gasteiger partial charge in [-0.1, -0.05) is 97.1 Å². The summed E-state index contributed by atoms with van der Waals surface area (Å²) in [4.78, 5) is 25.0. The van der Waals surface area contributed by atoms with Crippen LogP contribution in [0.3, 0.4) is 0 Å². The highest BCUT2D eigenvalue weighted by molar-refractivity contribution is 5.83. The Labute approximate surface area is 236 Å². The van der Waals surface area contributed by atoms with E-state index in [1.165, 1.54) is 58.7 Å². The molecule has 6 rings (SSSR count). The number of carbonyl (C=O) groups excluding carboxylic acids is 2. The zero-order valence-corrected chi connectivity index (χ0v) is 23.1. The number of hydrogen-bond acceptors (Lipinski definition) is 4. The highest BCUT2D eigenvalue weighted by Crippen LogP contribution is 2.59. The molecule has 0 amide bonds. The summed E-state index contributed by atoms with van der Waals surface area (Å²) in [6, 6.07) is 34.5. The SMILES string of the molecule is COC(=O)CCC1(CCC2(CCC(=O)OC)c3ccccc3-c3ccccc32)c2ccccc2-c2ccccc21. The van der Waals surface area contributed by atoms with Gasteiger partial charge in [0.1, 0.15) is 0 Å². The Morgan fingerprint density at radius 1 is 0.475 bits per heavy atom. The van der Waals surface area contributed by atoms with Gasteiger partial charge in [-0.2, -0.15) is 0 Å². The van der Waals surface area contributed by atoms with Gasteiger partial charge in [0.25, 0.3) is 0 Å². The molecule has 0 atom stereocenters. The molecule has 0 saturated heterocycles. The molecule has 0 heterocycles. The molecule has 0 unspecified atom stereocenters. The average molecular weight is 531 g/mol. The summed E-state index contributed by atoms with van der Waals surface area (Å²) in [6.45, 7) is 0. The van der Waals surface area contributed by atoms with Gasteiger partial charge in [-0.3, -0.25) is 9.59 Å². The highest BCUT2D eigenvalue weighted by Gasteiger charge is 2.48. The predicted octanol–water partition coefficient (Wildman–Crippen LogP) is 7.61. The fourth-order valence-electron chi connectivity index (χ4n) is 7.42. The van der Waals surface area contributed by atoms with Crippen molar-refractivity contribution in [2.45, 2.75) is 49.4 Å². The number of esters is 2. The fraction of sp³-hybridized carbons (Fsp3) is 0.278. The third-order valence-electron chi connectivity index (χ3n) is 9.30. The van der Waals surface area contributed by atoms with Crippen LogP contribution in [0, 0.1) is 0 Å². The molecular weight excluding hydrogens is 496 g/mol. The van der Waals surface area contributed by atoms with Gasteiger partial charge in [0.05, 0.1) is 14.2 Å². The summed E-state index contributed by atoms with van der Waals surface area (Å²) in [5, 5.41) is 0. The van der Waals surface area contributed by atoms with Gasteiger partial charge in [-0.15, -0.1) is 0 Å². The second kappa shape index (κ2) is 10.4. The van der Waals surface area contributed by atoms with Crippen LogP contribution in [0.5, 0.6) is 0 Å². The van der Waals surface area contributed by atoms with Crippen molar-refractivity contribution in [1.82, 2.24) is 0 Å². The second-order valence-corrected chi connectivity index (χ2v) is 11.0. The summed E-state index contributed by atoms with van der Waals surface area (Å²) in [5.74, 6) is -0.392. The van der Waals surface area contributed by atoms with Crippen LogP contribution in [-0.2, 0) is 29.9 Å². The van der Waals surface area contributed by atoms with Crippen molar-refractivity contribution in [2.75, 3.05) is 14.2 Å². The first-order valence-corrected chi connectivity index (χ1v) is 14.1. The molecule has 202 valence electrons. The normalized spacial score (nSPS) is 14.9. The summed E-state index contributed by atoms with van der Waals surface area (Å²) < 4.78 is 10.2. The molecular formula is C36H34O4. The van der Waals surface area contributed by atoms with E-state index in [9.17, 15) is 9.59 Å². The van der Waals surface area contributed by atoms with E-state index >= 15 is 0 Å². The van der Waals surface area contributed by atoms with E-state index in [-0.39, 0.29) is 22.8 Å². The van der Waals surface area contributed by atoms with Crippen molar-refractivity contribution in [3.63, 3.8) is 0 Å². The molecule has 0 fully saturated rings. The molecule has 2 aliphatic rings. The molecule has 0 radical (unpaired) electrons. The van der Waals surface area contributed by atoms with Crippen molar-refractivity contribution in [3.8, 4) is 22.3 Å². The molecule has 0 saturated carbocycles. The standard InChI is InChI=1S/C36H34O4/c1-39-33(37)19-21-35(29-15-7-3-11-25(29)26-12-4-8-16-30(26)35)23-24-36(22-20-34(38)40-2)31-17-9-5-13-27(31)28-14-6-10-18-32(28)36/h3-18H,19-24H2,1-2H3. The first-order chi connectivity index (χ1) is 19.5. The summed E-state index contributed by atoms with van der Waals surface area (Å²) in [6.07, 6.45) is 3.63. The summed E-state index contributed by atoms with van der Waals surface area (Å²) in [7, 11) is 2.92. The lowest BCUT2D eigenvalue weighted by atomic mass is 9.64. The average Bonchev–Trinajstić information content (AvgIpc) is 3.46. The summed E-state index contributed by atoms with van der Waals surface area (Å²) in [5.41, 5.74) is 9.30. The van der Waals surface area contributed by atoms with E-state index in [0.717, 1.165) is 12.8 Å². The van der Waals surface area contributed by atoms with E-state index < -0.39 is 0 Å². The maximum Gasteiger partial charge on any atom is 0.305 e. The van der Waals surface area contributed by atoms with Gasteiger partial charge < -0.3 is 9.47 Å². The van der Waals surface area contributed by atoms with Gasteiger partial charge in [0.15, 0.2) is 0 Å². The van der Waals surface area contributed by atoms with Crippen LogP contribution in [0.2, 0.25) is 0 Å². The zero-order valence-electron chi connectivity index (χ0n) is 23.1. The molecule has 2 aliphatic carbocycles. The van der Waals surface area contributed by atoms with Crippen molar-refractivity contribution in [3.05, 3.63) is 119 Å². The van der Waals surface area contributed by atoms with Crippen molar-refractivity contribution in [1.29, 1.82) is 0 Å². The van der Waals surface area contributed by atoms with E-state index in [1.807, 2.05) is 0 Å². The number of rotatable bonds is 9. The van der Waals surface area contributed by atoms with Crippen LogP contribution in [0.4, 0.5) is 0 Å². The third kappa shape index (κ3) is 4.05.